The molecule has 0 saturated carbocycles. The molecule has 0 spiro atoms. The van der Waals surface area contributed by atoms with Crippen molar-refractivity contribution in [3.8, 4) is 0 Å². The second-order valence-corrected chi connectivity index (χ2v) is 12.3. The normalized spacial score (nSPS) is 12.9. The van der Waals surface area contributed by atoms with Crippen LogP contribution in [0.4, 0.5) is 0 Å². The van der Waals surface area contributed by atoms with Crippen molar-refractivity contribution in [1.82, 2.24) is 0 Å². The minimum atomic E-state index is -3.59. The molecule has 0 saturated heterocycles. The number of unbranched alkanes of at least 4 members (excludes halogenated alkanes) is 6. The summed E-state index contributed by atoms with van der Waals surface area (Å²) in [6.07, 6.45) is 6.85. The predicted octanol–water partition coefficient (Wildman–Crippen LogP) is 4.01. The predicted molar refractivity (Wildman–Crippen MR) is 97.8 cm³/mol. The molecule has 0 bridgehead atoms. The molecule has 7 heteroatoms. The number of hydrogen-bond acceptors (Lipinski definition) is 5. The molecule has 0 atom stereocenters. The Morgan fingerprint density at radius 1 is 0.682 bits per heavy atom. The molecule has 0 aromatic carbocycles. The van der Waals surface area contributed by atoms with Gasteiger partial charge in [-0.05, 0) is 18.6 Å². The van der Waals surface area contributed by atoms with E-state index in [0.717, 1.165) is 50.3 Å². The van der Waals surface area contributed by atoms with Crippen LogP contribution in [0.1, 0.15) is 72.1 Å². The van der Waals surface area contributed by atoms with Gasteiger partial charge in [0.25, 0.3) is 0 Å². The van der Waals surface area contributed by atoms with E-state index in [1.807, 2.05) is 0 Å². The SMILES string of the molecule is CCCCCCS(=O)(=O)C(SCC)S(=O)(=O)CCCCCC. The molecule has 4 nitrogen and oxygen atoms in total. The molecule has 0 aliphatic heterocycles. The van der Waals surface area contributed by atoms with Crippen LogP contribution in [0.2, 0.25) is 0 Å². The lowest BCUT2D eigenvalue weighted by Gasteiger charge is -2.17. The zero-order chi connectivity index (χ0) is 17.1. The van der Waals surface area contributed by atoms with Gasteiger partial charge in [-0.25, -0.2) is 16.8 Å². The van der Waals surface area contributed by atoms with Crippen LogP contribution in [0.3, 0.4) is 0 Å². The molecule has 0 radical (unpaired) electrons. The van der Waals surface area contributed by atoms with Gasteiger partial charge >= 0.3 is 0 Å². The zero-order valence-electron chi connectivity index (χ0n) is 14.2. The van der Waals surface area contributed by atoms with E-state index in [1.54, 1.807) is 6.92 Å². The van der Waals surface area contributed by atoms with Crippen molar-refractivity contribution in [1.29, 1.82) is 0 Å². The van der Waals surface area contributed by atoms with Gasteiger partial charge in [0.15, 0.2) is 19.7 Å². The van der Waals surface area contributed by atoms with Gasteiger partial charge in [-0.1, -0.05) is 59.3 Å². The highest BCUT2D eigenvalue weighted by molar-refractivity contribution is 8.27. The Hall–Kier alpha value is 0.250. The van der Waals surface area contributed by atoms with Crippen LogP contribution >= 0.6 is 11.8 Å². The third kappa shape index (κ3) is 8.77. The van der Waals surface area contributed by atoms with Crippen LogP contribution < -0.4 is 0 Å². The molecular weight excluding hydrogens is 340 g/mol. The van der Waals surface area contributed by atoms with E-state index in [-0.39, 0.29) is 11.5 Å². The maximum atomic E-state index is 12.4. The van der Waals surface area contributed by atoms with Crippen molar-refractivity contribution in [3.63, 3.8) is 0 Å². The van der Waals surface area contributed by atoms with Gasteiger partial charge in [0.2, 0.25) is 3.91 Å². The van der Waals surface area contributed by atoms with Gasteiger partial charge in [0, 0.05) is 0 Å². The Balaban J connectivity index is 4.78. The average Bonchev–Trinajstić information content (AvgIpc) is 2.45. The maximum absolute atomic E-state index is 12.4. The van der Waals surface area contributed by atoms with E-state index in [2.05, 4.69) is 13.8 Å². The van der Waals surface area contributed by atoms with Gasteiger partial charge < -0.3 is 0 Å². The number of rotatable bonds is 14. The largest absolute Gasteiger partial charge is 0.227 e. The summed E-state index contributed by atoms with van der Waals surface area (Å²) in [5.41, 5.74) is 0. The summed E-state index contributed by atoms with van der Waals surface area (Å²) in [6, 6.07) is 0. The monoisotopic (exact) mass is 372 g/mol. The highest BCUT2D eigenvalue weighted by Crippen LogP contribution is 2.26. The van der Waals surface area contributed by atoms with E-state index >= 15 is 0 Å². The highest BCUT2D eigenvalue weighted by atomic mass is 32.3. The summed E-state index contributed by atoms with van der Waals surface area (Å²) in [5.74, 6) is 0.463. The summed E-state index contributed by atoms with van der Waals surface area (Å²) in [7, 11) is -7.18. The molecule has 22 heavy (non-hydrogen) atoms. The number of sulfone groups is 2. The van der Waals surface area contributed by atoms with E-state index < -0.39 is 23.6 Å². The molecule has 0 amide bonds. The zero-order valence-corrected chi connectivity index (χ0v) is 16.7. The molecule has 134 valence electrons. The Kier molecular flexibility index (Phi) is 11.9. The van der Waals surface area contributed by atoms with E-state index in [1.165, 1.54) is 0 Å². The summed E-state index contributed by atoms with van der Waals surface area (Å²) < 4.78 is 48.4. The van der Waals surface area contributed by atoms with Gasteiger partial charge in [0.05, 0.1) is 11.5 Å². The lowest BCUT2D eigenvalue weighted by Crippen LogP contribution is -2.31. The van der Waals surface area contributed by atoms with Gasteiger partial charge in [-0.15, -0.1) is 11.8 Å². The topological polar surface area (TPSA) is 68.3 Å². The lowest BCUT2D eigenvalue weighted by atomic mass is 10.2. The Morgan fingerprint density at radius 3 is 1.41 bits per heavy atom. The molecule has 0 fully saturated rings. The summed E-state index contributed by atoms with van der Waals surface area (Å²) in [5, 5.41) is 0. The minimum Gasteiger partial charge on any atom is -0.227 e. The molecule has 0 heterocycles. The van der Waals surface area contributed by atoms with E-state index in [0.29, 0.717) is 18.6 Å². The highest BCUT2D eigenvalue weighted by Gasteiger charge is 2.36. The first kappa shape index (κ1) is 22.2. The van der Waals surface area contributed by atoms with Crippen molar-refractivity contribution in [2.45, 2.75) is 76.1 Å². The van der Waals surface area contributed by atoms with E-state index in [4.69, 9.17) is 0 Å². The van der Waals surface area contributed by atoms with Crippen LogP contribution in [0, 0.1) is 0 Å². The number of hydrogen-bond donors (Lipinski definition) is 0. The standard InChI is InChI=1S/C15H32O4S3/c1-4-7-9-11-13-21(16,17)15(20-6-3)22(18,19)14-12-10-8-5-2/h15H,4-14H2,1-3H3. The minimum absolute atomic E-state index is 0.0150. The van der Waals surface area contributed by atoms with Crippen molar-refractivity contribution < 1.29 is 16.8 Å². The van der Waals surface area contributed by atoms with Gasteiger partial charge in [-0.3, -0.25) is 0 Å². The van der Waals surface area contributed by atoms with Gasteiger partial charge in [-0.2, -0.15) is 0 Å². The van der Waals surface area contributed by atoms with Crippen LogP contribution in [-0.4, -0.2) is 38.0 Å². The third-order valence-electron chi connectivity index (χ3n) is 3.45. The second kappa shape index (κ2) is 11.7. The molecule has 0 aliphatic carbocycles. The van der Waals surface area contributed by atoms with E-state index in [9.17, 15) is 16.8 Å². The first-order valence-corrected chi connectivity index (χ1v) is 12.8. The molecule has 0 rings (SSSR count). The molecule has 0 unspecified atom stereocenters. The number of thioether (sulfide) groups is 1. The molecule has 0 aromatic heterocycles. The fraction of sp³-hybridized carbons (Fsp3) is 1.00. The van der Waals surface area contributed by atoms with Crippen molar-refractivity contribution in [3.05, 3.63) is 0 Å². The fourth-order valence-corrected chi connectivity index (χ4v) is 9.51. The summed E-state index contributed by atoms with van der Waals surface area (Å²) in [6.45, 7) is 5.92. The van der Waals surface area contributed by atoms with Gasteiger partial charge in [0.1, 0.15) is 0 Å². The molecular formula is C15H32O4S3. The first-order valence-electron chi connectivity index (χ1n) is 8.36. The Morgan fingerprint density at radius 2 is 1.09 bits per heavy atom. The second-order valence-electron chi connectivity index (χ2n) is 5.60. The Bertz CT molecular complexity index is 427. The smallest absolute Gasteiger partial charge is 0.208 e. The summed E-state index contributed by atoms with van der Waals surface area (Å²) in [4.78, 5) is 0. The molecule has 0 aliphatic rings. The first-order chi connectivity index (χ1) is 10.3. The van der Waals surface area contributed by atoms with Crippen molar-refractivity contribution in [2.75, 3.05) is 17.3 Å². The Labute approximate surface area is 141 Å². The van der Waals surface area contributed by atoms with Crippen LogP contribution in [0.5, 0.6) is 0 Å². The van der Waals surface area contributed by atoms with Crippen molar-refractivity contribution >= 4 is 31.4 Å². The fourth-order valence-electron chi connectivity index (χ4n) is 2.22. The maximum Gasteiger partial charge on any atom is 0.208 e. The molecule has 0 N–H and O–H groups in total. The lowest BCUT2D eigenvalue weighted by molar-refractivity contribution is 0.579. The van der Waals surface area contributed by atoms with Crippen LogP contribution in [0.25, 0.3) is 0 Å². The van der Waals surface area contributed by atoms with Crippen LogP contribution in [0.15, 0.2) is 0 Å². The van der Waals surface area contributed by atoms with Crippen LogP contribution in [-0.2, 0) is 19.7 Å². The average molecular weight is 373 g/mol. The quantitative estimate of drug-likeness (QED) is 0.431. The third-order valence-corrected chi connectivity index (χ3v) is 11.3. The van der Waals surface area contributed by atoms with Crippen molar-refractivity contribution in [2.24, 2.45) is 0 Å². The molecule has 0 aromatic rings. The summed E-state index contributed by atoms with van der Waals surface area (Å²) >= 11 is 1.04.